The minimum atomic E-state index is -4.72. The average molecular weight is 556 g/mol. The number of sulfonamides is 1. The van der Waals surface area contributed by atoms with E-state index >= 15 is 0 Å². The first-order valence-corrected chi connectivity index (χ1v) is 13.0. The lowest BCUT2D eigenvalue weighted by molar-refractivity contribution is -0.137. The Hall–Kier alpha value is -3.08. The van der Waals surface area contributed by atoms with Crippen LogP contribution in [0, 0.1) is 5.82 Å². The molecule has 0 amide bonds. The van der Waals surface area contributed by atoms with Crippen molar-refractivity contribution in [2.75, 3.05) is 17.5 Å². The molecule has 1 aliphatic rings. The van der Waals surface area contributed by atoms with Gasteiger partial charge in [-0.15, -0.1) is 0 Å². The van der Waals surface area contributed by atoms with Gasteiger partial charge < -0.3 is 9.84 Å². The van der Waals surface area contributed by atoms with Crippen LogP contribution < -0.4 is 9.04 Å². The maximum Gasteiger partial charge on any atom is 0.416 e. The molecular weight excluding hydrogens is 534 g/mol. The number of aliphatic hydroxyl groups excluding tert-OH is 1. The predicted molar refractivity (Wildman–Crippen MR) is 133 cm³/mol. The van der Waals surface area contributed by atoms with Crippen molar-refractivity contribution in [3.63, 3.8) is 0 Å². The molecule has 5 nitrogen and oxygen atoms in total. The Balaban J connectivity index is 1.81. The maximum absolute atomic E-state index is 14.4. The Morgan fingerprint density at radius 3 is 2.57 bits per heavy atom. The summed E-state index contributed by atoms with van der Waals surface area (Å²) in [5.41, 5.74) is 0.166. The summed E-state index contributed by atoms with van der Waals surface area (Å²) in [5.74, 6) is -0.345. The third kappa shape index (κ3) is 5.61. The van der Waals surface area contributed by atoms with Crippen molar-refractivity contribution >= 4 is 39.0 Å². The largest absolute Gasteiger partial charge is 0.486 e. The molecule has 0 bridgehead atoms. The summed E-state index contributed by atoms with van der Waals surface area (Å²) in [6.07, 6.45) is -3.73. The quantitative estimate of drug-likeness (QED) is 0.282. The summed E-state index contributed by atoms with van der Waals surface area (Å²) >= 11 is 6.16. The summed E-state index contributed by atoms with van der Waals surface area (Å²) in [6, 6.07) is 12.4. The van der Waals surface area contributed by atoms with E-state index in [-0.39, 0.29) is 41.6 Å². The number of hydrogen-bond donors (Lipinski definition) is 1. The van der Waals surface area contributed by atoms with Gasteiger partial charge in [0.15, 0.2) is 0 Å². The molecule has 0 aliphatic carbocycles. The average Bonchev–Trinajstić information content (AvgIpc) is 2.83. The summed E-state index contributed by atoms with van der Waals surface area (Å²) in [6.45, 7) is 1.15. The van der Waals surface area contributed by atoms with Crippen molar-refractivity contribution in [2.45, 2.75) is 30.5 Å². The molecule has 37 heavy (non-hydrogen) atoms. The topological polar surface area (TPSA) is 66.8 Å². The standard InChI is InChI=1S/C26H22ClF4NO4S/c1-16(25-21(27)6-3-7-22(25)28)12-17-8-9-24-23(13-17)32(15-19(36-24)10-11-33)37(34,35)20-5-2-4-18(14-20)26(29,30)31/h2-9,12-14,19,33H,10-11,15H2,1H3. The first-order chi connectivity index (χ1) is 17.4. The zero-order chi connectivity index (χ0) is 27.0. The first-order valence-electron chi connectivity index (χ1n) is 11.2. The van der Waals surface area contributed by atoms with E-state index in [0.29, 0.717) is 17.2 Å². The SMILES string of the molecule is CC(=Cc1ccc2c(c1)N(S(=O)(=O)c1cccc(C(F)(F)F)c1)CC(CCO)O2)c1c(F)cccc1Cl. The van der Waals surface area contributed by atoms with E-state index in [1.807, 2.05) is 0 Å². The highest BCUT2D eigenvalue weighted by atomic mass is 35.5. The van der Waals surface area contributed by atoms with E-state index in [2.05, 4.69) is 0 Å². The fourth-order valence-corrected chi connectivity index (χ4v) is 5.95. The van der Waals surface area contributed by atoms with Gasteiger partial charge in [0.25, 0.3) is 10.0 Å². The van der Waals surface area contributed by atoms with Crippen molar-refractivity contribution < 1.29 is 35.8 Å². The van der Waals surface area contributed by atoms with Gasteiger partial charge in [0.05, 0.1) is 27.7 Å². The van der Waals surface area contributed by atoms with Crippen molar-refractivity contribution in [3.05, 3.63) is 88.2 Å². The zero-order valence-electron chi connectivity index (χ0n) is 19.5. The molecular formula is C26H22ClF4NO4S. The highest BCUT2D eigenvalue weighted by molar-refractivity contribution is 7.92. The zero-order valence-corrected chi connectivity index (χ0v) is 21.0. The van der Waals surface area contributed by atoms with Gasteiger partial charge in [-0.2, -0.15) is 13.2 Å². The Labute approximate surface area is 216 Å². The van der Waals surface area contributed by atoms with Crippen LogP contribution >= 0.6 is 11.6 Å². The van der Waals surface area contributed by atoms with Crippen molar-refractivity contribution in [1.82, 2.24) is 0 Å². The second kappa shape index (κ2) is 10.4. The van der Waals surface area contributed by atoms with Gasteiger partial charge in [0.2, 0.25) is 0 Å². The smallest absolute Gasteiger partial charge is 0.416 e. The van der Waals surface area contributed by atoms with Gasteiger partial charge >= 0.3 is 6.18 Å². The fraction of sp³-hybridized carbons (Fsp3) is 0.231. The Kier molecular flexibility index (Phi) is 7.55. The molecule has 3 aromatic carbocycles. The molecule has 0 radical (unpaired) electrons. The van der Waals surface area contributed by atoms with Crippen LogP contribution in [0.5, 0.6) is 5.75 Å². The molecule has 0 fully saturated rings. The van der Waals surface area contributed by atoms with Crippen LogP contribution in [0.2, 0.25) is 5.02 Å². The monoisotopic (exact) mass is 555 g/mol. The summed E-state index contributed by atoms with van der Waals surface area (Å²) < 4.78 is 88.2. The Morgan fingerprint density at radius 2 is 1.89 bits per heavy atom. The first kappa shape index (κ1) is 27.0. The van der Waals surface area contributed by atoms with Crippen molar-refractivity contribution in [1.29, 1.82) is 0 Å². The molecule has 0 saturated heterocycles. The number of hydrogen-bond acceptors (Lipinski definition) is 4. The number of rotatable bonds is 6. The summed E-state index contributed by atoms with van der Waals surface area (Å²) in [4.78, 5) is -0.534. The molecule has 1 N–H and O–H groups in total. The fourth-order valence-electron chi connectivity index (χ4n) is 4.10. The van der Waals surface area contributed by atoms with E-state index in [1.165, 1.54) is 24.3 Å². The second-order valence-electron chi connectivity index (χ2n) is 8.47. The van der Waals surface area contributed by atoms with E-state index in [1.54, 1.807) is 25.1 Å². The third-order valence-electron chi connectivity index (χ3n) is 5.86. The molecule has 1 aliphatic heterocycles. The highest BCUT2D eigenvalue weighted by Crippen LogP contribution is 2.40. The van der Waals surface area contributed by atoms with E-state index in [4.69, 9.17) is 16.3 Å². The number of allylic oxidation sites excluding steroid dienone is 1. The maximum atomic E-state index is 14.4. The number of nitrogens with zero attached hydrogens (tertiary/aromatic N) is 1. The van der Waals surface area contributed by atoms with Gasteiger partial charge in [-0.1, -0.05) is 35.9 Å². The lowest BCUT2D eigenvalue weighted by atomic mass is 10.0. The lowest BCUT2D eigenvalue weighted by Gasteiger charge is -2.35. The van der Waals surface area contributed by atoms with Crippen LogP contribution in [0.4, 0.5) is 23.2 Å². The molecule has 0 saturated carbocycles. The number of aliphatic hydroxyl groups is 1. The van der Waals surface area contributed by atoms with Gasteiger partial charge in [-0.05, 0) is 60.5 Å². The van der Waals surface area contributed by atoms with Crippen LogP contribution in [0.3, 0.4) is 0 Å². The van der Waals surface area contributed by atoms with Gasteiger partial charge in [0, 0.05) is 18.6 Å². The van der Waals surface area contributed by atoms with Crippen LogP contribution in [0.15, 0.2) is 65.6 Å². The number of anilines is 1. The van der Waals surface area contributed by atoms with Gasteiger partial charge in [0.1, 0.15) is 17.7 Å². The number of alkyl halides is 3. The van der Waals surface area contributed by atoms with Crippen LogP contribution in [0.25, 0.3) is 11.6 Å². The molecule has 0 spiro atoms. The molecule has 3 aromatic rings. The number of ether oxygens (including phenoxy) is 1. The Morgan fingerprint density at radius 1 is 1.16 bits per heavy atom. The molecule has 1 atom stereocenters. The molecule has 1 heterocycles. The number of halogens is 5. The third-order valence-corrected chi connectivity index (χ3v) is 7.95. The molecule has 4 rings (SSSR count). The number of benzene rings is 3. The molecule has 1 unspecified atom stereocenters. The second-order valence-corrected chi connectivity index (χ2v) is 10.7. The summed E-state index contributed by atoms with van der Waals surface area (Å²) in [7, 11) is -4.45. The van der Waals surface area contributed by atoms with E-state index in [9.17, 15) is 31.1 Å². The van der Waals surface area contributed by atoms with Gasteiger partial charge in [-0.25, -0.2) is 12.8 Å². The predicted octanol–water partition coefficient (Wildman–Crippen LogP) is 6.40. The van der Waals surface area contributed by atoms with E-state index in [0.717, 1.165) is 22.5 Å². The van der Waals surface area contributed by atoms with E-state index < -0.39 is 38.6 Å². The van der Waals surface area contributed by atoms with Crippen LogP contribution in [-0.2, 0) is 16.2 Å². The molecule has 196 valence electrons. The minimum Gasteiger partial charge on any atom is -0.486 e. The highest BCUT2D eigenvalue weighted by Gasteiger charge is 2.37. The summed E-state index contributed by atoms with van der Waals surface area (Å²) in [5, 5.41) is 9.58. The molecule has 0 aromatic heterocycles. The van der Waals surface area contributed by atoms with Gasteiger partial charge in [-0.3, -0.25) is 4.31 Å². The van der Waals surface area contributed by atoms with Crippen LogP contribution in [0.1, 0.15) is 30.0 Å². The van der Waals surface area contributed by atoms with Crippen LogP contribution in [-0.4, -0.2) is 32.8 Å². The minimum absolute atomic E-state index is 0.104. The number of fused-ring (bicyclic) bond motifs is 1. The van der Waals surface area contributed by atoms with Crippen molar-refractivity contribution in [3.8, 4) is 5.75 Å². The normalized spacial score (nSPS) is 16.4. The Bertz CT molecular complexity index is 1440. The lowest BCUT2D eigenvalue weighted by Crippen LogP contribution is -2.44. The molecule has 11 heteroatoms. The van der Waals surface area contributed by atoms with Crippen molar-refractivity contribution in [2.24, 2.45) is 0 Å².